The summed E-state index contributed by atoms with van der Waals surface area (Å²) in [5.74, 6) is 0.592. The van der Waals surface area contributed by atoms with Gasteiger partial charge in [0.2, 0.25) is 0 Å². The largest absolute Gasteiger partial charge is 0.489 e. The molecule has 0 fully saturated rings. The topological polar surface area (TPSA) is 78.3 Å². The molecule has 1 aromatic rings. The predicted octanol–water partition coefficient (Wildman–Crippen LogP) is 1.04. The molecule has 14 heavy (non-hydrogen) atoms. The number of nitrogen functional groups attached to an aromatic ring is 1. The minimum Gasteiger partial charge on any atom is -0.489 e. The summed E-state index contributed by atoms with van der Waals surface area (Å²) in [7, 11) is -1.50. The van der Waals surface area contributed by atoms with Crippen LogP contribution >= 0.6 is 0 Å². The van der Waals surface area contributed by atoms with Crippen LogP contribution < -0.4 is 15.6 Å². The van der Waals surface area contributed by atoms with Gasteiger partial charge in [-0.05, 0) is 32.0 Å². The Bertz CT molecular complexity index is 353. The van der Waals surface area contributed by atoms with E-state index in [1.165, 1.54) is 0 Å². The molecule has 4 nitrogen and oxygen atoms in total. The smallest absolute Gasteiger partial charge is 0.142 e. The second-order valence-corrected chi connectivity index (χ2v) is 4.23. The summed E-state index contributed by atoms with van der Waals surface area (Å²) in [6, 6.07) is 4.88. The number of anilines is 1. The fourth-order valence-electron chi connectivity index (χ4n) is 1.01. The Morgan fingerprint density at radius 1 is 1.43 bits per heavy atom. The van der Waals surface area contributed by atoms with Gasteiger partial charge in [0, 0.05) is 0 Å². The van der Waals surface area contributed by atoms with Crippen LogP contribution in [0, 0.1) is 0 Å². The number of nitrogens with two attached hydrogens (primary N) is 2. The summed E-state index contributed by atoms with van der Waals surface area (Å²) < 4.78 is 16.3. The molecular formula is C9H14N2O2S. The second kappa shape index (κ2) is 4.43. The third-order valence-electron chi connectivity index (χ3n) is 1.58. The zero-order valence-corrected chi connectivity index (χ0v) is 9.01. The highest BCUT2D eigenvalue weighted by Gasteiger charge is 2.05. The fraction of sp³-hybridized carbons (Fsp3) is 0.333. The summed E-state index contributed by atoms with van der Waals surface area (Å²) in [6.07, 6.45) is 0.0616. The SMILES string of the molecule is CC(C)Oc1ccc(S(N)=O)cc1N. The Hall–Kier alpha value is -1.07. The lowest BCUT2D eigenvalue weighted by molar-refractivity contribution is 0.243. The van der Waals surface area contributed by atoms with Crippen LogP contribution in [0.15, 0.2) is 23.1 Å². The molecule has 1 aromatic carbocycles. The molecule has 78 valence electrons. The van der Waals surface area contributed by atoms with E-state index in [2.05, 4.69) is 0 Å². The third kappa shape index (κ3) is 2.71. The molecule has 0 saturated heterocycles. The molecule has 0 bridgehead atoms. The molecule has 0 spiro atoms. The molecule has 0 aromatic heterocycles. The summed E-state index contributed by atoms with van der Waals surface area (Å²) in [4.78, 5) is 0.499. The van der Waals surface area contributed by atoms with E-state index in [9.17, 15) is 4.21 Å². The summed E-state index contributed by atoms with van der Waals surface area (Å²) in [6.45, 7) is 3.82. The normalized spacial score (nSPS) is 12.9. The Balaban J connectivity index is 2.95. The van der Waals surface area contributed by atoms with Gasteiger partial charge in [0.05, 0.1) is 16.7 Å². The quantitative estimate of drug-likeness (QED) is 0.738. The Morgan fingerprint density at radius 2 is 2.07 bits per heavy atom. The Labute approximate surface area is 85.8 Å². The first kappa shape index (κ1) is 11.0. The molecule has 5 heteroatoms. The van der Waals surface area contributed by atoms with Crippen LogP contribution in [0.3, 0.4) is 0 Å². The Morgan fingerprint density at radius 3 is 2.50 bits per heavy atom. The number of hydrogen-bond donors (Lipinski definition) is 2. The maximum absolute atomic E-state index is 10.9. The maximum atomic E-state index is 10.9. The van der Waals surface area contributed by atoms with Crippen LogP contribution in [0.1, 0.15) is 13.8 Å². The van der Waals surface area contributed by atoms with Gasteiger partial charge in [0.15, 0.2) is 0 Å². The van der Waals surface area contributed by atoms with Gasteiger partial charge in [-0.3, -0.25) is 0 Å². The van der Waals surface area contributed by atoms with Crippen molar-refractivity contribution in [3.8, 4) is 5.75 Å². The van der Waals surface area contributed by atoms with Gasteiger partial charge >= 0.3 is 0 Å². The summed E-state index contributed by atoms with van der Waals surface area (Å²) in [5, 5.41) is 5.21. The van der Waals surface area contributed by atoms with Crippen molar-refractivity contribution in [1.29, 1.82) is 0 Å². The van der Waals surface area contributed by atoms with Crippen molar-refractivity contribution < 1.29 is 8.95 Å². The van der Waals surface area contributed by atoms with Gasteiger partial charge in [-0.25, -0.2) is 9.35 Å². The lowest BCUT2D eigenvalue weighted by atomic mass is 10.3. The van der Waals surface area contributed by atoms with Crippen LogP contribution in [0.5, 0.6) is 5.75 Å². The zero-order chi connectivity index (χ0) is 10.7. The van der Waals surface area contributed by atoms with E-state index < -0.39 is 11.0 Å². The molecule has 1 rings (SSSR count). The predicted molar refractivity (Wildman–Crippen MR) is 57.2 cm³/mol. The van der Waals surface area contributed by atoms with Crippen LogP contribution in [0.25, 0.3) is 0 Å². The van der Waals surface area contributed by atoms with E-state index >= 15 is 0 Å². The lowest BCUT2D eigenvalue weighted by Crippen LogP contribution is -2.08. The maximum Gasteiger partial charge on any atom is 0.142 e. The average molecular weight is 214 g/mol. The third-order valence-corrected chi connectivity index (χ3v) is 2.29. The molecule has 0 aliphatic carbocycles. The van der Waals surface area contributed by atoms with Crippen LogP contribution in [0.2, 0.25) is 0 Å². The van der Waals surface area contributed by atoms with Gasteiger partial charge in [0.1, 0.15) is 16.7 Å². The molecule has 0 heterocycles. The van der Waals surface area contributed by atoms with Gasteiger partial charge in [-0.2, -0.15) is 0 Å². The molecule has 4 N–H and O–H groups in total. The van der Waals surface area contributed by atoms with Crippen molar-refractivity contribution in [2.75, 3.05) is 5.73 Å². The van der Waals surface area contributed by atoms with Crippen molar-refractivity contribution >= 4 is 16.7 Å². The Kier molecular flexibility index (Phi) is 3.49. The van der Waals surface area contributed by atoms with Crippen molar-refractivity contribution in [2.24, 2.45) is 5.14 Å². The first-order chi connectivity index (χ1) is 6.50. The zero-order valence-electron chi connectivity index (χ0n) is 8.19. The highest BCUT2D eigenvalue weighted by Crippen LogP contribution is 2.24. The summed E-state index contributed by atoms with van der Waals surface area (Å²) >= 11 is 0. The van der Waals surface area contributed by atoms with E-state index in [0.717, 1.165) is 0 Å². The van der Waals surface area contributed by atoms with E-state index in [4.69, 9.17) is 15.6 Å². The van der Waals surface area contributed by atoms with Crippen LogP contribution in [-0.4, -0.2) is 10.3 Å². The highest BCUT2D eigenvalue weighted by molar-refractivity contribution is 7.82. The van der Waals surface area contributed by atoms with Crippen LogP contribution in [-0.2, 0) is 11.0 Å². The second-order valence-electron chi connectivity index (χ2n) is 3.16. The average Bonchev–Trinajstić information content (AvgIpc) is 2.07. The molecule has 0 saturated carbocycles. The van der Waals surface area contributed by atoms with Gasteiger partial charge in [0.25, 0.3) is 0 Å². The first-order valence-electron chi connectivity index (χ1n) is 4.23. The number of benzene rings is 1. The number of ether oxygens (including phenoxy) is 1. The van der Waals surface area contributed by atoms with E-state index in [0.29, 0.717) is 16.3 Å². The van der Waals surface area contributed by atoms with Crippen molar-refractivity contribution in [1.82, 2.24) is 0 Å². The standard InChI is InChI=1S/C9H14N2O2S/c1-6(2)13-9-4-3-7(14(11)12)5-8(9)10/h3-6H,10-11H2,1-2H3. The minimum atomic E-state index is -1.50. The van der Waals surface area contributed by atoms with Gasteiger partial charge in [-0.1, -0.05) is 0 Å². The highest BCUT2D eigenvalue weighted by atomic mass is 32.2. The number of rotatable bonds is 3. The van der Waals surface area contributed by atoms with E-state index in [1.54, 1.807) is 18.2 Å². The van der Waals surface area contributed by atoms with Crippen molar-refractivity contribution in [3.05, 3.63) is 18.2 Å². The summed E-state index contributed by atoms with van der Waals surface area (Å²) in [5.41, 5.74) is 6.15. The molecule has 0 amide bonds. The molecular weight excluding hydrogens is 200 g/mol. The minimum absolute atomic E-state index is 0.0616. The first-order valence-corrected chi connectivity index (χ1v) is 5.44. The van der Waals surface area contributed by atoms with Crippen molar-refractivity contribution in [3.63, 3.8) is 0 Å². The number of hydrogen-bond acceptors (Lipinski definition) is 3. The van der Waals surface area contributed by atoms with E-state index in [1.807, 2.05) is 13.8 Å². The molecule has 0 aliphatic heterocycles. The molecule has 0 radical (unpaired) electrons. The van der Waals surface area contributed by atoms with Gasteiger partial charge in [-0.15, -0.1) is 0 Å². The van der Waals surface area contributed by atoms with Crippen molar-refractivity contribution in [2.45, 2.75) is 24.8 Å². The fourth-order valence-corrected chi connectivity index (χ4v) is 1.46. The van der Waals surface area contributed by atoms with Crippen LogP contribution in [0.4, 0.5) is 5.69 Å². The molecule has 0 aliphatic rings. The lowest BCUT2D eigenvalue weighted by Gasteiger charge is -2.12. The monoisotopic (exact) mass is 214 g/mol. The molecule has 1 atom stereocenters. The van der Waals surface area contributed by atoms with Gasteiger partial charge < -0.3 is 10.5 Å². The molecule has 1 unspecified atom stereocenters. The van der Waals surface area contributed by atoms with E-state index in [-0.39, 0.29) is 6.10 Å².